The molecular formula is C20H25ClN2O2. The van der Waals surface area contributed by atoms with Crippen LogP contribution in [0.4, 0.5) is 0 Å². The number of carbonyl (C=O) groups excluding carboxylic acids is 1. The third kappa shape index (κ3) is 2.74. The molecule has 0 aromatic heterocycles. The van der Waals surface area contributed by atoms with Gasteiger partial charge in [0.1, 0.15) is 11.9 Å². The Bertz CT molecular complexity index is 699. The quantitative estimate of drug-likeness (QED) is 0.876. The normalized spacial score (nSPS) is 35.6. The van der Waals surface area contributed by atoms with Gasteiger partial charge in [0.2, 0.25) is 0 Å². The third-order valence-corrected chi connectivity index (χ3v) is 6.89. The van der Waals surface area contributed by atoms with Crippen LogP contribution in [0, 0.1) is 5.92 Å². The molecule has 134 valence electrons. The third-order valence-electron chi connectivity index (χ3n) is 6.67. The van der Waals surface area contributed by atoms with Crippen LogP contribution in [0.2, 0.25) is 5.02 Å². The zero-order valence-electron chi connectivity index (χ0n) is 14.5. The molecule has 5 heteroatoms. The summed E-state index contributed by atoms with van der Waals surface area (Å²) >= 11 is 6.37. The van der Waals surface area contributed by atoms with E-state index in [0.29, 0.717) is 22.4 Å². The summed E-state index contributed by atoms with van der Waals surface area (Å²) < 4.78 is 6.24. The minimum absolute atomic E-state index is 0.0175. The zero-order valence-corrected chi connectivity index (χ0v) is 15.2. The minimum Gasteiger partial charge on any atom is -0.489 e. The van der Waals surface area contributed by atoms with Crippen LogP contribution in [-0.4, -0.2) is 42.6 Å². The zero-order chi connectivity index (χ0) is 17.0. The number of carbonyl (C=O) groups is 1. The first-order valence-corrected chi connectivity index (χ1v) is 10.1. The topological polar surface area (TPSA) is 41.6 Å². The van der Waals surface area contributed by atoms with Gasteiger partial charge in [-0.05, 0) is 63.2 Å². The molecule has 4 aliphatic heterocycles. The number of halogens is 1. The second-order valence-corrected chi connectivity index (χ2v) is 8.57. The first kappa shape index (κ1) is 16.0. The van der Waals surface area contributed by atoms with E-state index in [2.05, 4.69) is 10.2 Å². The van der Waals surface area contributed by atoms with E-state index >= 15 is 0 Å². The van der Waals surface area contributed by atoms with Crippen molar-refractivity contribution in [1.82, 2.24) is 10.2 Å². The summed E-state index contributed by atoms with van der Waals surface area (Å²) in [7, 11) is 0. The van der Waals surface area contributed by atoms with E-state index < -0.39 is 0 Å². The number of benzene rings is 1. The predicted molar refractivity (Wildman–Crippen MR) is 97.5 cm³/mol. The Morgan fingerprint density at radius 2 is 1.96 bits per heavy atom. The SMILES string of the molecule is O=C(N[C@@H]1CN2CCC1CC2)c1cc(Cl)cc2c1O[C@@H]1CCCC[C@H]21. The van der Waals surface area contributed by atoms with Crippen molar-refractivity contribution >= 4 is 17.5 Å². The van der Waals surface area contributed by atoms with Gasteiger partial charge >= 0.3 is 0 Å². The number of piperidine rings is 3. The van der Waals surface area contributed by atoms with Crippen LogP contribution >= 0.6 is 11.6 Å². The largest absolute Gasteiger partial charge is 0.489 e. The van der Waals surface area contributed by atoms with Gasteiger partial charge in [-0.2, -0.15) is 0 Å². The number of hydrogen-bond donors (Lipinski definition) is 1. The standard InChI is InChI=1S/C20H25ClN2O2/c21-13-9-15-14-3-1-2-4-18(14)25-19(15)16(10-13)20(24)22-17-11-23-7-5-12(17)6-8-23/h9-10,12,14,17-18H,1-8,11H2,(H,22,24)/t14-,17-,18-/m1/s1. The number of nitrogens with one attached hydrogen (secondary N) is 1. The number of hydrogen-bond acceptors (Lipinski definition) is 3. The number of rotatable bonds is 2. The van der Waals surface area contributed by atoms with Crippen molar-refractivity contribution in [3.63, 3.8) is 0 Å². The molecule has 1 aromatic carbocycles. The van der Waals surface area contributed by atoms with E-state index in [1.54, 1.807) is 6.07 Å². The molecule has 0 radical (unpaired) electrons. The highest BCUT2D eigenvalue weighted by molar-refractivity contribution is 6.31. The molecule has 25 heavy (non-hydrogen) atoms. The molecule has 5 aliphatic rings. The monoisotopic (exact) mass is 360 g/mol. The number of fused-ring (bicyclic) bond motifs is 6. The maximum atomic E-state index is 13.0. The van der Waals surface area contributed by atoms with Gasteiger partial charge in [0.25, 0.3) is 5.91 Å². The lowest BCUT2D eigenvalue weighted by Crippen LogP contribution is -2.57. The molecule has 1 aliphatic carbocycles. The van der Waals surface area contributed by atoms with Gasteiger partial charge < -0.3 is 15.0 Å². The maximum absolute atomic E-state index is 13.0. The molecule has 0 spiro atoms. The molecule has 2 bridgehead atoms. The predicted octanol–water partition coefficient (Wildman–Crippen LogP) is 3.58. The Labute approximate surface area is 153 Å². The lowest BCUT2D eigenvalue weighted by Gasteiger charge is -2.44. The number of ether oxygens (including phenoxy) is 1. The van der Waals surface area contributed by atoms with Crippen LogP contribution in [-0.2, 0) is 0 Å². The van der Waals surface area contributed by atoms with Crippen LogP contribution in [0.25, 0.3) is 0 Å². The van der Waals surface area contributed by atoms with Gasteiger partial charge in [0.05, 0.1) is 5.56 Å². The van der Waals surface area contributed by atoms with Crippen molar-refractivity contribution in [2.24, 2.45) is 5.92 Å². The van der Waals surface area contributed by atoms with Gasteiger partial charge in [-0.3, -0.25) is 4.79 Å². The maximum Gasteiger partial charge on any atom is 0.255 e. The number of nitrogens with zero attached hydrogens (tertiary/aromatic N) is 1. The van der Waals surface area contributed by atoms with Crippen LogP contribution in [0.5, 0.6) is 5.75 Å². The average molecular weight is 361 g/mol. The van der Waals surface area contributed by atoms with E-state index in [1.807, 2.05) is 6.07 Å². The van der Waals surface area contributed by atoms with E-state index in [4.69, 9.17) is 16.3 Å². The van der Waals surface area contributed by atoms with Crippen LogP contribution in [0.3, 0.4) is 0 Å². The van der Waals surface area contributed by atoms with Crippen molar-refractivity contribution < 1.29 is 9.53 Å². The Hall–Kier alpha value is -1.26. The highest BCUT2D eigenvalue weighted by atomic mass is 35.5. The summed E-state index contributed by atoms with van der Waals surface area (Å²) in [6, 6.07) is 4.06. The van der Waals surface area contributed by atoms with Crippen molar-refractivity contribution in [3.05, 3.63) is 28.3 Å². The van der Waals surface area contributed by atoms with Gasteiger partial charge in [0, 0.05) is 29.1 Å². The minimum atomic E-state index is -0.0175. The second-order valence-electron chi connectivity index (χ2n) is 8.14. The first-order valence-electron chi connectivity index (χ1n) is 9.72. The Balaban J connectivity index is 1.41. The second kappa shape index (κ2) is 6.17. The highest BCUT2D eigenvalue weighted by Crippen LogP contribution is 2.48. The van der Waals surface area contributed by atoms with E-state index in [0.717, 1.165) is 30.7 Å². The van der Waals surface area contributed by atoms with E-state index in [9.17, 15) is 4.79 Å². The van der Waals surface area contributed by atoms with Gasteiger partial charge in [0.15, 0.2) is 0 Å². The molecule has 4 nitrogen and oxygen atoms in total. The summed E-state index contributed by atoms with van der Waals surface area (Å²) in [6.07, 6.45) is 7.28. The number of amides is 1. The fraction of sp³-hybridized carbons (Fsp3) is 0.650. The van der Waals surface area contributed by atoms with E-state index in [1.165, 1.54) is 38.8 Å². The molecule has 3 atom stereocenters. The summed E-state index contributed by atoms with van der Waals surface area (Å²) in [5, 5.41) is 3.93. The molecule has 4 fully saturated rings. The molecule has 4 heterocycles. The smallest absolute Gasteiger partial charge is 0.255 e. The van der Waals surface area contributed by atoms with Crippen molar-refractivity contribution in [2.45, 2.75) is 56.6 Å². The molecular weight excluding hydrogens is 336 g/mol. The van der Waals surface area contributed by atoms with Crippen molar-refractivity contribution in [2.75, 3.05) is 19.6 Å². The Morgan fingerprint density at radius 1 is 1.16 bits per heavy atom. The van der Waals surface area contributed by atoms with Gasteiger partial charge in [-0.1, -0.05) is 18.0 Å². The van der Waals surface area contributed by atoms with Crippen LogP contribution < -0.4 is 10.1 Å². The fourth-order valence-electron chi connectivity index (χ4n) is 5.31. The van der Waals surface area contributed by atoms with Crippen LogP contribution in [0.1, 0.15) is 60.4 Å². The Morgan fingerprint density at radius 3 is 2.72 bits per heavy atom. The molecule has 1 aromatic rings. The summed E-state index contributed by atoms with van der Waals surface area (Å²) in [6.45, 7) is 3.33. The molecule has 1 saturated carbocycles. The van der Waals surface area contributed by atoms with E-state index in [-0.39, 0.29) is 18.1 Å². The van der Waals surface area contributed by atoms with Crippen molar-refractivity contribution in [1.29, 1.82) is 0 Å². The average Bonchev–Trinajstić information content (AvgIpc) is 3.00. The summed E-state index contributed by atoms with van der Waals surface area (Å²) in [5.74, 6) is 1.80. The van der Waals surface area contributed by atoms with Crippen molar-refractivity contribution in [3.8, 4) is 5.75 Å². The summed E-state index contributed by atoms with van der Waals surface area (Å²) in [4.78, 5) is 15.5. The van der Waals surface area contributed by atoms with Gasteiger partial charge in [-0.25, -0.2) is 0 Å². The van der Waals surface area contributed by atoms with Crippen LogP contribution in [0.15, 0.2) is 12.1 Å². The molecule has 6 rings (SSSR count). The molecule has 1 N–H and O–H groups in total. The fourth-order valence-corrected chi connectivity index (χ4v) is 5.54. The Kier molecular flexibility index (Phi) is 3.94. The lowest BCUT2D eigenvalue weighted by atomic mass is 9.82. The molecule has 1 amide bonds. The lowest BCUT2D eigenvalue weighted by molar-refractivity contribution is 0.0617. The highest BCUT2D eigenvalue weighted by Gasteiger charge is 2.40. The first-order chi connectivity index (χ1) is 12.2. The summed E-state index contributed by atoms with van der Waals surface area (Å²) in [5.41, 5.74) is 1.78. The molecule has 3 saturated heterocycles. The van der Waals surface area contributed by atoms with Gasteiger partial charge in [-0.15, -0.1) is 0 Å². The molecule has 0 unspecified atom stereocenters.